The van der Waals surface area contributed by atoms with Crippen molar-refractivity contribution >= 4 is 23.2 Å². The van der Waals surface area contributed by atoms with E-state index in [0.717, 1.165) is 11.3 Å². The Kier molecular flexibility index (Phi) is 5.71. The first-order valence-corrected chi connectivity index (χ1v) is 7.82. The molecule has 5 nitrogen and oxygen atoms in total. The van der Waals surface area contributed by atoms with Crippen LogP contribution in [0.2, 0.25) is 0 Å². The summed E-state index contributed by atoms with van der Waals surface area (Å²) in [6, 6.07) is 16.4. The number of nitrogens with one attached hydrogen (secondary N) is 2. The highest BCUT2D eigenvalue weighted by Crippen LogP contribution is 2.18. The number of carbonyl (C=O) groups excluding carboxylic acids is 2. The van der Waals surface area contributed by atoms with Gasteiger partial charge in [0.1, 0.15) is 5.60 Å². The van der Waals surface area contributed by atoms with Crippen molar-refractivity contribution in [2.45, 2.75) is 32.3 Å². The highest BCUT2D eigenvalue weighted by molar-refractivity contribution is 5.96. The van der Waals surface area contributed by atoms with Crippen LogP contribution in [0.25, 0.3) is 0 Å². The molecule has 2 aromatic carbocycles. The third-order valence-electron chi connectivity index (χ3n) is 3.70. The third-order valence-corrected chi connectivity index (χ3v) is 3.70. The standard InChI is InChI=1S/C19H22N2O3/c1-14(22)20-17-10-8-15(9-11-17)12-13-19(2,24)18(23)21-16-6-4-3-5-7-16/h3-11,24H,12-13H2,1-2H3,(H,20,22)(H,21,23). The number of carbonyl (C=O) groups is 2. The number of hydrogen-bond donors (Lipinski definition) is 3. The van der Waals surface area contributed by atoms with Crippen molar-refractivity contribution < 1.29 is 14.7 Å². The van der Waals surface area contributed by atoms with Crippen LogP contribution >= 0.6 is 0 Å². The van der Waals surface area contributed by atoms with Gasteiger partial charge < -0.3 is 15.7 Å². The Morgan fingerprint density at radius 1 is 0.958 bits per heavy atom. The van der Waals surface area contributed by atoms with Crippen molar-refractivity contribution in [3.8, 4) is 0 Å². The molecule has 126 valence electrons. The van der Waals surface area contributed by atoms with Crippen LogP contribution in [0, 0.1) is 0 Å². The number of anilines is 2. The molecule has 2 amide bonds. The molecule has 0 spiro atoms. The fraction of sp³-hybridized carbons (Fsp3) is 0.263. The number of hydrogen-bond acceptors (Lipinski definition) is 3. The monoisotopic (exact) mass is 326 g/mol. The molecule has 0 aliphatic carbocycles. The minimum Gasteiger partial charge on any atom is -0.380 e. The highest BCUT2D eigenvalue weighted by atomic mass is 16.3. The number of amides is 2. The van der Waals surface area contributed by atoms with Gasteiger partial charge >= 0.3 is 0 Å². The molecule has 0 aliphatic rings. The fourth-order valence-electron chi connectivity index (χ4n) is 2.25. The van der Waals surface area contributed by atoms with E-state index in [-0.39, 0.29) is 5.91 Å². The van der Waals surface area contributed by atoms with Crippen molar-refractivity contribution in [2.75, 3.05) is 10.6 Å². The second-order valence-electron chi connectivity index (χ2n) is 5.97. The average Bonchev–Trinajstić information content (AvgIpc) is 2.54. The van der Waals surface area contributed by atoms with Gasteiger partial charge in [-0.3, -0.25) is 9.59 Å². The van der Waals surface area contributed by atoms with Gasteiger partial charge in [-0.15, -0.1) is 0 Å². The van der Waals surface area contributed by atoms with E-state index in [0.29, 0.717) is 18.5 Å². The molecule has 0 bridgehead atoms. The lowest BCUT2D eigenvalue weighted by Crippen LogP contribution is -2.40. The lowest BCUT2D eigenvalue weighted by atomic mass is 9.95. The van der Waals surface area contributed by atoms with E-state index in [1.54, 1.807) is 24.3 Å². The molecule has 0 saturated heterocycles. The average molecular weight is 326 g/mol. The van der Waals surface area contributed by atoms with Crippen LogP contribution in [0.4, 0.5) is 11.4 Å². The molecule has 0 fully saturated rings. The van der Waals surface area contributed by atoms with E-state index in [4.69, 9.17) is 0 Å². The van der Waals surface area contributed by atoms with E-state index in [1.165, 1.54) is 13.8 Å². The zero-order valence-corrected chi connectivity index (χ0v) is 13.9. The van der Waals surface area contributed by atoms with Crippen LogP contribution in [-0.4, -0.2) is 22.5 Å². The smallest absolute Gasteiger partial charge is 0.256 e. The molecule has 24 heavy (non-hydrogen) atoms. The maximum absolute atomic E-state index is 12.2. The maximum Gasteiger partial charge on any atom is 0.256 e. The molecule has 2 rings (SSSR count). The molecule has 2 aromatic rings. The third kappa shape index (κ3) is 5.21. The van der Waals surface area contributed by atoms with Crippen LogP contribution in [0.15, 0.2) is 54.6 Å². The van der Waals surface area contributed by atoms with Gasteiger partial charge in [0.05, 0.1) is 0 Å². The Hall–Kier alpha value is -2.66. The minimum atomic E-state index is -1.47. The van der Waals surface area contributed by atoms with Crippen molar-refractivity contribution in [1.29, 1.82) is 0 Å². The van der Waals surface area contributed by atoms with Crippen molar-refractivity contribution in [1.82, 2.24) is 0 Å². The van der Waals surface area contributed by atoms with Crippen LogP contribution in [0.5, 0.6) is 0 Å². The largest absolute Gasteiger partial charge is 0.380 e. The lowest BCUT2D eigenvalue weighted by molar-refractivity contribution is -0.132. The second kappa shape index (κ2) is 7.75. The van der Waals surface area contributed by atoms with E-state index in [1.807, 2.05) is 30.3 Å². The van der Waals surface area contributed by atoms with Crippen LogP contribution in [-0.2, 0) is 16.0 Å². The summed E-state index contributed by atoms with van der Waals surface area (Å²) in [6.07, 6.45) is 0.848. The lowest BCUT2D eigenvalue weighted by Gasteiger charge is -2.22. The first-order valence-electron chi connectivity index (χ1n) is 7.82. The Morgan fingerprint density at radius 3 is 2.12 bits per heavy atom. The zero-order valence-electron chi connectivity index (χ0n) is 13.9. The highest BCUT2D eigenvalue weighted by Gasteiger charge is 2.29. The molecule has 3 N–H and O–H groups in total. The molecule has 0 aromatic heterocycles. The Bertz CT molecular complexity index is 694. The molecule has 0 aliphatic heterocycles. The quantitative estimate of drug-likeness (QED) is 0.763. The van der Waals surface area contributed by atoms with Crippen LogP contribution in [0.1, 0.15) is 25.8 Å². The molecular weight excluding hydrogens is 304 g/mol. The van der Waals surface area contributed by atoms with Crippen LogP contribution in [0.3, 0.4) is 0 Å². The fourth-order valence-corrected chi connectivity index (χ4v) is 2.25. The normalized spacial score (nSPS) is 13.0. The van der Waals surface area contributed by atoms with Gasteiger partial charge in [0, 0.05) is 18.3 Å². The number of rotatable bonds is 6. The number of benzene rings is 2. The zero-order chi connectivity index (χ0) is 17.6. The van der Waals surface area contributed by atoms with Gasteiger partial charge in [-0.1, -0.05) is 30.3 Å². The number of aryl methyl sites for hydroxylation is 1. The summed E-state index contributed by atoms with van der Waals surface area (Å²) in [5.74, 6) is -0.549. The van der Waals surface area contributed by atoms with E-state index < -0.39 is 11.5 Å². The molecule has 1 atom stereocenters. The summed E-state index contributed by atoms with van der Waals surface area (Å²) in [6.45, 7) is 2.97. The molecule has 5 heteroatoms. The van der Waals surface area contributed by atoms with Crippen molar-refractivity contribution in [3.05, 3.63) is 60.2 Å². The van der Waals surface area contributed by atoms with Crippen molar-refractivity contribution in [2.24, 2.45) is 0 Å². The predicted octanol–water partition coefficient (Wildman–Crippen LogP) is 2.97. The Balaban J connectivity index is 1.91. The molecule has 0 heterocycles. The van der Waals surface area contributed by atoms with E-state index >= 15 is 0 Å². The van der Waals surface area contributed by atoms with Gasteiger partial charge in [-0.25, -0.2) is 0 Å². The van der Waals surface area contributed by atoms with Gasteiger partial charge in [-0.05, 0) is 49.6 Å². The summed E-state index contributed by atoms with van der Waals surface area (Å²) in [4.78, 5) is 23.2. The van der Waals surface area contributed by atoms with Gasteiger partial charge in [0.25, 0.3) is 5.91 Å². The molecule has 0 saturated carbocycles. The molecule has 0 radical (unpaired) electrons. The molecular formula is C19H22N2O3. The molecule has 1 unspecified atom stereocenters. The number of aliphatic hydroxyl groups is 1. The topological polar surface area (TPSA) is 78.4 Å². The van der Waals surface area contributed by atoms with Gasteiger partial charge in [-0.2, -0.15) is 0 Å². The summed E-state index contributed by atoms with van der Waals surface area (Å²) in [7, 11) is 0. The Labute approximate surface area is 141 Å². The Morgan fingerprint density at radius 2 is 1.54 bits per heavy atom. The summed E-state index contributed by atoms with van der Waals surface area (Å²) < 4.78 is 0. The second-order valence-corrected chi connectivity index (χ2v) is 5.97. The maximum atomic E-state index is 12.2. The summed E-state index contributed by atoms with van der Waals surface area (Å²) in [5, 5.41) is 15.8. The summed E-state index contributed by atoms with van der Waals surface area (Å²) in [5.41, 5.74) is 0.894. The van der Waals surface area contributed by atoms with Gasteiger partial charge in [0.2, 0.25) is 5.91 Å². The SMILES string of the molecule is CC(=O)Nc1ccc(CCC(C)(O)C(=O)Nc2ccccc2)cc1. The number of para-hydroxylation sites is 1. The minimum absolute atomic E-state index is 0.122. The first kappa shape index (κ1) is 17.7. The van der Waals surface area contributed by atoms with Crippen LogP contribution < -0.4 is 10.6 Å². The van der Waals surface area contributed by atoms with Gasteiger partial charge in [0.15, 0.2) is 0 Å². The first-order chi connectivity index (χ1) is 11.4. The summed E-state index contributed by atoms with van der Waals surface area (Å²) >= 11 is 0. The van der Waals surface area contributed by atoms with E-state index in [9.17, 15) is 14.7 Å². The van der Waals surface area contributed by atoms with E-state index in [2.05, 4.69) is 10.6 Å². The van der Waals surface area contributed by atoms with Crippen molar-refractivity contribution in [3.63, 3.8) is 0 Å². The predicted molar refractivity (Wildman–Crippen MR) is 94.8 cm³/mol.